The van der Waals surface area contributed by atoms with Crippen LogP contribution in [0.1, 0.15) is 33.0 Å². The minimum Gasteiger partial charge on any atom is -0.449 e. The predicted octanol–water partition coefficient (Wildman–Crippen LogP) is 4.30. The number of amides is 1. The van der Waals surface area contributed by atoms with E-state index in [9.17, 15) is 9.59 Å². The molecule has 0 saturated carbocycles. The number of carbonyl (C=O) groups excluding carboxylic acids is 2. The topological polar surface area (TPSA) is 46.6 Å². The van der Waals surface area contributed by atoms with E-state index in [2.05, 4.69) is 0 Å². The number of nitrogens with zero attached hydrogens (tertiary/aromatic N) is 1. The van der Waals surface area contributed by atoms with E-state index >= 15 is 0 Å². The summed E-state index contributed by atoms with van der Waals surface area (Å²) in [7, 11) is 0. The smallest absolute Gasteiger partial charge is 0.338 e. The van der Waals surface area contributed by atoms with Gasteiger partial charge in [-0.15, -0.1) is 23.5 Å². The van der Waals surface area contributed by atoms with Crippen LogP contribution in [-0.4, -0.2) is 36.0 Å². The number of anilines is 1. The van der Waals surface area contributed by atoms with Crippen molar-refractivity contribution in [1.82, 2.24) is 0 Å². The van der Waals surface area contributed by atoms with Gasteiger partial charge in [-0.3, -0.25) is 4.79 Å². The third kappa shape index (κ3) is 3.87. The lowest BCUT2D eigenvalue weighted by molar-refractivity contribution is -0.126. The van der Waals surface area contributed by atoms with Crippen LogP contribution in [0.15, 0.2) is 48.5 Å². The SMILES string of the molecule is C[C@@H](OC(=O)c1ccc(C2SCCS2)cc1)C(=O)N1CCc2ccccc21. The number of carbonyl (C=O) groups is 2. The lowest BCUT2D eigenvalue weighted by Crippen LogP contribution is -2.39. The van der Waals surface area contributed by atoms with Gasteiger partial charge in [-0.25, -0.2) is 4.79 Å². The number of hydrogen-bond donors (Lipinski definition) is 0. The number of thioether (sulfide) groups is 2. The highest BCUT2D eigenvalue weighted by Crippen LogP contribution is 2.45. The maximum absolute atomic E-state index is 12.7. The van der Waals surface area contributed by atoms with E-state index in [1.54, 1.807) is 24.0 Å². The number of fused-ring (bicyclic) bond motifs is 1. The molecular formula is C21H21NO3S2. The normalized spacial score (nSPS) is 17.6. The van der Waals surface area contributed by atoms with Crippen LogP contribution in [0.5, 0.6) is 0 Å². The monoisotopic (exact) mass is 399 g/mol. The number of esters is 1. The Morgan fingerprint density at radius 2 is 1.78 bits per heavy atom. The van der Waals surface area contributed by atoms with Crippen molar-refractivity contribution in [3.05, 3.63) is 65.2 Å². The second-order valence-corrected chi connectivity index (χ2v) is 9.34. The first-order valence-corrected chi connectivity index (χ1v) is 11.2. The Hall–Kier alpha value is -1.92. The molecule has 4 nitrogen and oxygen atoms in total. The van der Waals surface area contributed by atoms with Crippen LogP contribution in [0.4, 0.5) is 5.69 Å². The average Bonchev–Trinajstić information content (AvgIpc) is 3.37. The number of para-hydroxylation sites is 1. The molecule has 0 unspecified atom stereocenters. The largest absolute Gasteiger partial charge is 0.449 e. The first-order chi connectivity index (χ1) is 13.1. The average molecular weight is 400 g/mol. The van der Waals surface area contributed by atoms with Crippen molar-refractivity contribution in [3.63, 3.8) is 0 Å². The molecule has 2 aliphatic heterocycles. The molecule has 0 N–H and O–H groups in total. The van der Waals surface area contributed by atoms with Crippen molar-refractivity contribution in [3.8, 4) is 0 Å². The molecule has 0 aliphatic carbocycles. The lowest BCUT2D eigenvalue weighted by atomic mass is 10.1. The molecule has 0 radical (unpaired) electrons. The quantitative estimate of drug-likeness (QED) is 0.718. The fourth-order valence-electron chi connectivity index (χ4n) is 3.39. The Balaban J connectivity index is 1.39. The van der Waals surface area contributed by atoms with Gasteiger partial charge in [0.1, 0.15) is 0 Å². The van der Waals surface area contributed by atoms with E-state index < -0.39 is 12.1 Å². The molecule has 2 aromatic rings. The first-order valence-electron chi connectivity index (χ1n) is 9.07. The zero-order valence-electron chi connectivity index (χ0n) is 15.1. The van der Waals surface area contributed by atoms with Crippen molar-refractivity contribution in [1.29, 1.82) is 0 Å². The molecule has 1 saturated heterocycles. The van der Waals surface area contributed by atoms with E-state index in [0.717, 1.165) is 17.7 Å². The highest BCUT2D eigenvalue weighted by Gasteiger charge is 2.30. The van der Waals surface area contributed by atoms with Crippen LogP contribution in [0.25, 0.3) is 0 Å². The van der Waals surface area contributed by atoms with Gasteiger partial charge in [0.2, 0.25) is 0 Å². The van der Waals surface area contributed by atoms with Gasteiger partial charge in [0.05, 0.1) is 10.1 Å². The summed E-state index contributed by atoms with van der Waals surface area (Å²) in [6.07, 6.45) is 0.0191. The molecule has 2 aliphatic rings. The van der Waals surface area contributed by atoms with Crippen LogP contribution in [0.3, 0.4) is 0 Å². The number of benzene rings is 2. The van der Waals surface area contributed by atoms with Gasteiger partial charge in [-0.2, -0.15) is 0 Å². The summed E-state index contributed by atoms with van der Waals surface area (Å²) in [6, 6.07) is 15.4. The standard InChI is InChI=1S/C21H21NO3S2/c1-14(19(23)22-11-10-15-4-2-3-5-18(15)22)25-20(24)16-6-8-17(9-7-16)21-26-12-13-27-21/h2-9,14,21H,10-13H2,1H3/t14-/m1/s1. The van der Waals surface area contributed by atoms with Gasteiger partial charge < -0.3 is 9.64 Å². The lowest BCUT2D eigenvalue weighted by Gasteiger charge is -2.21. The first kappa shape index (κ1) is 18.4. The van der Waals surface area contributed by atoms with Crippen molar-refractivity contribution in [2.24, 2.45) is 0 Å². The maximum atomic E-state index is 12.7. The van der Waals surface area contributed by atoms with E-state index in [1.165, 1.54) is 17.1 Å². The summed E-state index contributed by atoms with van der Waals surface area (Å²) in [4.78, 5) is 26.9. The van der Waals surface area contributed by atoms with E-state index in [-0.39, 0.29) is 5.91 Å². The Kier molecular flexibility index (Phi) is 5.45. The van der Waals surface area contributed by atoms with E-state index in [1.807, 2.05) is 59.9 Å². The number of ether oxygens (including phenoxy) is 1. The minimum absolute atomic E-state index is 0.177. The molecule has 1 amide bonds. The fraction of sp³-hybridized carbons (Fsp3) is 0.333. The van der Waals surface area contributed by atoms with E-state index in [4.69, 9.17) is 4.74 Å². The van der Waals surface area contributed by atoms with Crippen LogP contribution >= 0.6 is 23.5 Å². The van der Waals surface area contributed by atoms with Crippen LogP contribution < -0.4 is 4.90 Å². The molecule has 0 spiro atoms. The summed E-state index contributed by atoms with van der Waals surface area (Å²) < 4.78 is 5.90. The molecule has 1 fully saturated rings. The summed E-state index contributed by atoms with van der Waals surface area (Å²) in [5.41, 5.74) is 3.77. The molecule has 1 atom stereocenters. The highest BCUT2D eigenvalue weighted by atomic mass is 32.2. The van der Waals surface area contributed by atoms with Crippen molar-refractivity contribution in [2.45, 2.75) is 24.0 Å². The second-order valence-electron chi connectivity index (χ2n) is 6.61. The van der Waals surface area contributed by atoms with Crippen LogP contribution in [0.2, 0.25) is 0 Å². The van der Waals surface area contributed by atoms with Crippen molar-refractivity contribution in [2.75, 3.05) is 23.0 Å². The molecule has 6 heteroatoms. The van der Waals surface area contributed by atoms with Crippen molar-refractivity contribution >= 4 is 41.1 Å². The van der Waals surface area contributed by atoms with Crippen molar-refractivity contribution < 1.29 is 14.3 Å². The molecule has 2 aromatic carbocycles. The second kappa shape index (κ2) is 7.98. The molecule has 140 valence electrons. The minimum atomic E-state index is -0.815. The number of rotatable bonds is 4. The third-order valence-corrected chi connectivity index (χ3v) is 7.93. The number of hydrogen-bond acceptors (Lipinski definition) is 5. The summed E-state index contributed by atoms with van der Waals surface area (Å²) in [5, 5.41) is 0. The zero-order valence-corrected chi connectivity index (χ0v) is 16.7. The molecule has 4 rings (SSSR count). The summed E-state index contributed by atoms with van der Waals surface area (Å²) in [5.74, 6) is 1.70. The van der Waals surface area contributed by atoms with Gasteiger partial charge >= 0.3 is 5.97 Å². The molecule has 27 heavy (non-hydrogen) atoms. The fourth-order valence-corrected chi connectivity index (χ4v) is 6.25. The van der Waals surface area contributed by atoms with Gasteiger partial charge in [0.15, 0.2) is 6.10 Å². The third-order valence-electron chi connectivity index (χ3n) is 4.83. The highest BCUT2D eigenvalue weighted by molar-refractivity contribution is 8.19. The predicted molar refractivity (Wildman–Crippen MR) is 111 cm³/mol. The van der Waals surface area contributed by atoms with Gasteiger partial charge in [0.25, 0.3) is 5.91 Å². The Morgan fingerprint density at radius 1 is 1.07 bits per heavy atom. The van der Waals surface area contributed by atoms with Gasteiger partial charge in [-0.05, 0) is 42.7 Å². The molecule has 2 heterocycles. The van der Waals surface area contributed by atoms with E-state index in [0.29, 0.717) is 16.7 Å². The van der Waals surface area contributed by atoms with Crippen LogP contribution in [0, 0.1) is 0 Å². The molecular weight excluding hydrogens is 378 g/mol. The van der Waals surface area contributed by atoms with Gasteiger partial charge in [-0.1, -0.05) is 30.3 Å². The molecule has 0 aromatic heterocycles. The summed E-state index contributed by atoms with van der Waals surface area (Å²) in [6.45, 7) is 2.27. The molecule has 0 bridgehead atoms. The Labute approximate surface area is 167 Å². The maximum Gasteiger partial charge on any atom is 0.338 e. The zero-order chi connectivity index (χ0) is 18.8. The summed E-state index contributed by atoms with van der Waals surface area (Å²) >= 11 is 3.86. The van der Waals surface area contributed by atoms with Crippen LogP contribution in [-0.2, 0) is 16.0 Å². The Morgan fingerprint density at radius 3 is 2.52 bits per heavy atom. The Bertz CT molecular complexity index is 847. The van der Waals surface area contributed by atoms with Gasteiger partial charge in [0, 0.05) is 23.7 Å².